The number of halogens is 1. The Morgan fingerprint density at radius 3 is 2.56 bits per heavy atom. The zero-order valence-corrected chi connectivity index (χ0v) is 9.82. The molecule has 1 rings (SSSR count). The zero-order chi connectivity index (χ0) is 12.3. The highest BCUT2D eigenvalue weighted by atomic mass is 35.5. The summed E-state index contributed by atoms with van der Waals surface area (Å²) in [5.74, 6) is -1.16. The first-order valence-electron chi connectivity index (χ1n) is 4.47. The molecule has 0 spiro atoms. The Balaban J connectivity index is 3.19. The molecule has 16 heavy (non-hydrogen) atoms. The minimum Gasteiger partial charge on any atom is -0.478 e. The van der Waals surface area contributed by atoms with Gasteiger partial charge in [0.2, 0.25) is 0 Å². The van der Waals surface area contributed by atoms with E-state index in [9.17, 15) is 15.0 Å². The fraction of sp³-hybridized carbons (Fsp3) is 0.300. The second-order valence-corrected chi connectivity index (χ2v) is 4.03. The van der Waals surface area contributed by atoms with Crippen LogP contribution in [0, 0.1) is 0 Å². The highest BCUT2D eigenvalue weighted by Crippen LogP contribution is 2.25. The summed E-state index contributed by atoms with van der Waals surface area (Å²) in [6.45, 7) is 0. The molecule has 88 valence electrons. The van der Waals surface area contributed by atoms with Crippen LogP contribution in [0.15, 0.2) is 18.2 Å². The maximum Gasteiger partial charge on any atom is 0.336 e. The molecule has 0 bridgehead atoms. The molecule has 0 fully saturated rings. The van der Waals surface area contributed by atoms with Crippen molar-refractivity contribution in [3.8, 4) is 0 Å². The van der Waals surface area contributed by atoms with Crippen LogP contribution in [0.2, 0.25) is 5.02 Å². The third-order valence-electron chi connectivity index (χ3n) is 2.11. The highest BCUT2D eigenvalue weighted by Gasteiger charge is 2.22. The predicted molar refractivity (Wildman–Crippen MR) is 63.2 cm³/mol. The number of hydrogen-bond donors (Lipinski definition) is 4. The van der Waals surface area contributed by atoms with Gasteiger partial charge >= 0.3 is 5.97 Å². The fourth-order valence-electron chi connectivity index (χ4n) is 1.28. The first-order valence-corrected chi connectivity index (χ1v) is 5.48. The van der Waals surface area contributed by atoms with Crippen LogP contribution in [-0.4, -0.2) is 33.1 Å². The smallest absolute Gasteiger partial charge is 0.336 e. The minimum atomic E-state index is -1.32. The number of aliphatic hydroxyl groups is 2. The van der Waals surface area contributed by atoms with E-state index in [0.717, 1.165) is 0 Å². The summed E-state index contributed by atoms with van der Waals surface area (Å²) in [4.78, 5) is 10.9. The van der Waals surface area contributed by atoms with E-state index < -0.39 is 18.2 Å². The third-order valence-corrected chi connectivity index (χ3v) is 2.72. The van der Waals surface area contributed by atoms with E-state index in [-0.39, 0.29) is 16.9 Å². The molecule has 1 aromatic carbocycles. The van der Waals surface area contributed by atoms with Gasteiger partial charge in [0.1, 0.15) is 6.10 Å². The molecule has 0 aliphatic carbocycles. The Kier molecular flexibility index (Phi) is 4.61. The molecule has 0 aliphatic rings. The van der Waals surface area contributed by atoms with Crippen molar-refractivity contribution in [2.75, 3.05) is 5.75 Å². The Bertz CT molecular complexity index is 396. The number of aliphatic hydroxyl groups excluding tert-OH is 2. The Labute approximate surface area is 103 Å². The number of aromatic carboxylic acids is 1. The fourth-order valence-corrected chi connectivity index (χ4v) is 1.66. The van der Waals surface area contributed by atoms with E-state index in [1.165, 1.54) is 18.2 Å². The van der Waals surface area contributed by atoms with E-state index in [1.807, 2.05) is 0 Å². The van der Waals surface area contributed by atoms with Gasteiger partial charge < -0.3 is 15.3 Å². The van der Waals surface area contributed by atoms with Crippen LogP contribution in [0.5, 0.6) is 0 Å². The van der Waals surface area contributed by atoms with Gasteiger partial charge in [0, 0.05) is 10.8 Å². The van der Waals surface area contributed by atoms with Crippen LogP contribution in [0.4, 0.5) is 0 Å². The molecule has 6 heteroatoms. The molecule has 0 radical (unpaired) electrons. The van der Waals surface area contributed by atoms with Crippen molar-refractivity contribution in [2.24, 2.45) is 0 Å². The maximum atomic E-state index is 10.9. The first-order chi connectivity index (χ1) is 7.47. The van der Waals surface area contributed by atoms with Crippen LogP contribution < -0.4 is 0 Å². The topological polar surface area (TPSA) is 77.8 Å². The summed E-state index contributed by atoms with van der Waals surface area (Å²) in [7, 11) is 0. The lowest BCUT2D eigenvalue weighted by Crippen LogP contribution is -2.22. The predicted octanol–water partition coefficient (Wildman–Crippen LogP) is 1.36. The van der Waals surface area contributed by atoms with E-state index in [1.54, 1.807) is 0 Å². The van der Waals surface area contributed by atoms with E-state index in [4.69, 9.17) is 16.7 Å². The van der Waals surface area contributed by atoms with Crippen LogP contribution >= 0.6 is 24.2 Å². The second-order valence-electron chi connectivity index (χ2n) is 3.23. The van der Waals surface area contributed by atoms with Crippen molar-refractivity contribution < 1.29 is 20.1 Å². The van der Waals surface area contributed by atoms with Gasteiger partial charge in [-0.1, -0.05) is 11.6 Å². The number of benzene rings is 1. The summed E-state index contributed by atoms with van der Waals surface area (Å²) >= 11 is 9.54. The van der Waals surface area contributed by atoms with Gasteiger partial charge in [-0.3, -0.25) is 0 Å². The lowest BCUT2D eigenvalue weighted by molar-refractivity contribution is 0.0323. The molecule has 2 atom stereocenters. The average molecular weight is 263 g/mol. The van der Waals surface area contributed by atoms with Gasteiger partial charge in [-0.15, -0.1) is 0 Å². The summed E-state index contributed by atoms with van der Waals surface area (Å²) in [6, 6.07) is 4.02. The van der Waals surface area contributed by atoms with Crippen molar-refractivity contribution in [1.82, 2.24) is 0 Å². The Morgan fingerprint density at radius 1 is 1.44 bits per heavy atom. The number of carbonyl (C=O) groups is 1. The normalized spacial score (nSPS) is 14.5. The lowest BCUT2D eigenvalue weighted by atomic mass is 9.99. The molecule has 0 aromatic heterocycles. The molecule has 3 N–H and O–H groups in total. The molecule has 0 amide bonds. The van der Waals surface area contributed by atoms with Crippen LogP contribution in [0.25, 0.3) is 0 Å². The van der Waals surface area contributed by atoms with Crippen LogP contribution in [0.1, 0.15) is 22.0 Å². The summed E-state index contributed by atoms with van der Waals surface area (Å²) in [5, 5.41) is 28.3. The second kappa shape index (κ2) is 5.54. The standard InChI is InChI=1S/C10H11ClO4S/c11-5-1-2-6(10(14)15)7(3-5)9(13)8(12)4-16/h1-3,8-9,12-13,16H,4H2,(H,14,15). The monoisotopic (exact) mass is 262 g/mol. The summed E-state index contributed by atoms with van der Waals surface area (Å²) < 4.78 is 0. The van der Waals surface area contributed by atoms with Gasteiger partial charge in [0.25, 0.3) is 0 Å². The largest absolute Gasteiger partial charge is 0.478 e. The molecular weight excluding hydrogens is 252 g/mol. The van der Waals surface area contributed by atoms with Crippen molar-refractivity contribution in [3.63, 3.8) is 0 Å². The number of carboxylic acids is 1. The van der Waals surface area contributed by atoms with Crippen molar-refractivity contribution in [3.05, 3.63) is 34.3 Å². The number of hydrogen-bond acceptors (Lipinski definition) is 4. The quantitative estimate of drug-likeness (QED) is 0.618. The average Bonchev–Trinajstić information content (AvgIpc) is 2.26. The van der Waals surface area contributed by atoms with Gasteiger partial charge in [-0.05, 0) is 23.8 Å². The molecule has 0 saturated carbocycles. The van der Waals surface area contributed by atoms with Gasteiger partial charge in [0.05, 0.1) is 11.7 Å². The van der Waals surface area contributed by atoms with Crippen LogP contribution in [-0.2, 0) is 0 Å². The molecule has 0 saturated heterocycles. The first kappa shape index (κ1) is 13.3. The summed E-state index contributed by atoms with van der Waals surface area (Å²) in [5.41, 5.74) is -0.000664. The Hall–Kier alpha value is -0.750. The molecule has 0 aliphatic heterocycles. The Morgan fingerprint density at radius 2 is 2.06 bits per heavy atom. The number of rotatable bonds is 4. The van der Waals surface area contributed by atoms with Crippen molar-refractivity contribution >= 4 is 30.2 Å². The minimum absolute atomic E-state index is 0.0206. The molecular formula is C10H11ClO4S. The third kappa shape index (κ3) is 2.89. The van der Waals surface area contributed by atoms with Gasteiger partial charge in [-0.25, -0.2) is 4.79 Å². The molecule has 2 unspecified atom stereocenters. The van der Waals surface area contributed by atoms with E-state index >= 15 is 0 Å². The van der Waals surface area contributed by atoms with Gasteiger partial charge in [-0.2, -0.15) is 12.6 Å². The van der Waals surface area contributed by atoms with Crippen molar-refractivity contribution in [1.29, 1.82) is 0 Å². The number of thiol groups is 1. The van der Waals surface area contributed by atoms with E-state index in [2.05, 4.69) is 12.6 Å². The molecule has 1 aromatic rings. The maximum absolute atomic E-state index is 10.9. The molecule has 0 heterocycles. The van der Waals surface area contributed by atoms with Crippen LogP contribution in [0.3, 0.4) is 0 Å². The zero-order valence-electron chi connectivity index (χ0n) is 8.17. The lowest BCUT2D eigenvalue weighted by Gasteiger charge is -2.18. The SMILES string of the molecule is O=C(O)c1ccc(Cl)cc1C(O)C(O)CS. The van der Waals surface area contributed by atoms with Gasteiger partial charge in [0.15, 0.2) is 0 Å². The highest BCUT2D eigenvalue weighted by molar-refractivity contribution is 7.80. The van der Waals surface area contributed by atoms with Crippen molar-refractivity contribution in [2.45, 2.75) is 12.2 Å². The number of carboxylic acid groups (broad SMARTS) is 1. The molecule has 4 nitrogen and oxygen atoms in total. The summed E-state index contributed by atoms with van der Waals surface area (Å²) in [6.07, 6.45) is -2.46. The van der Waals surface area contributed by atoms with E-state index in [0.29, 0.717) is 5.02 Å².